The highest BCUT2D eigenvalue weighted by molar-refractivity contribution is 5.73. The Balaban J connectivity index is 3.04. The van der Waals surface area contributed by atoms with Crippen molar-refractivity contribution in [3.05, 3.63) is 23.8 Å². The summed E-state index contributed by atoms with van der Waals surface area (Å²) < 4.78 is 0. The van der Waals surface area contributed by atoms with Crippen molar-refractivity contribution in [3.8, 4) is 12.3 Å². The fraction of sp³-hybridized carbons (Fsp3) is 0. The van der Waals surface area contributed by atoms with Crippen molar-refractivity contribution >= 4 is 6.29 Å². The summed E-state index contributed by atoms with van der Waals surface area (Å²) in [5.74, 6) is 2.54. The zero-order valence-electron chi connectivity index (χ0n) is 5.11. The number of carbonyl (C=O) groups excluding carboxylic acids is 1. The Kier molecular flexibility index (Phi) is 1.76. The van der Waals surface area contributed by atoms with Crippen molar-refractivity contribution in [2.24, 2.45) is 0 Å². The molecule has 0 aliphatic carbocycles. The van der Waals surface area contributed by atoms with E-state index in [1.807, 2.05) is 0 Å². The molecular weight excluding hydrogens is 128 g/mol. The Morgan fingerprint density at radius 1 is 1.50 bits per heavy atom. The average molecular weight is 132 g/mol. The minimum Gasteiger partial charge on any atom is -0.298 e. The highest BCUT2D eigenvalue weighted by Crippen LogP contribution is 1.89. The monoisotopic (exact) mass is 132 g/mol. The first kappa shape index (κ1) is 6.43. The van der Waals surface area contributed by atoms with E-state index in [0.717, 1.165) is 0 Å². The molecule has 1 aromatic heterocycles. The molecule has 3 heteroatoms. The summed E-state index contributed by atoms with van der Waals surface area (Å²) in [7, 11) is 0. The minimum atomic E-state index is 0.297. The smallest absolute Gasteiger partial charge is 0.204 e. The molecule has 0 saturated carbocycles. The maximum atomic E-state index is 10.1. The van der Waals surface area contributed by atoms with Gasteiger partial charge in [-0.2, -0.15) is 0 Å². The van der Waals surface area contributed by atoms with E-state index < -0.39 is 0 Å². The molecule has 0 spiro atoms. The van der Waals surface area contributed by atoms with Gasteiger partial charge in [-0.3, -0.25) is 4.79 Å². The first-order valence-electron chi connectivity index (χ1n) is 2.60. The number of carbonyl (C=O) groups is 1. The van der Waals surface area contributed by atoms with E-state index in [1.165, 1.54) is 12.4 Å². The first-order chi connectivity index (χ1) is 4.86. The van der Waals surface area contributed by atoms with Crippen LogP contribution >= 0.6 is 0 Å². The van der Waals surface area contributed by atoms with Crippen molar-refractivity contribution in [1.29, 1.82) is 0 Å². The normalized spacial score (nSPS) is 8.30. The van der Waals surface area contributed by atoms with Gasteiger partial charge in [0.15, 0.2) is 6.29 Å². The number of hydrogen-bond donors (Lipinski definition) is 0. The summed E-state index contributed by atoms with van der Waals surface area (Å²) in [6.07, 6.45) is 8.41. The van der Waals surface area contributed by atoms with Crippen LogP contribution in [0.3, 0.4) is 0 Å². The van der Waals surface area contributed by atoms with Gasteiger partial charge in [-0.1, -0.05) is 0 Å². The second-order valence-corrected chi connectivity index (χ2v) is 1.60. The van der Waals surface area contributed by atoms with Gasteiger partial charge < -0.3 is 0 Å². The van der Waals surface area contributed by atoms with Crippen molar-refractivity contribution in [3.63, 3.8) is 0 Å². The van der Waals surface area contributed by atoms with Gasteiger partial charge in [-0.25, -0.2) is 9.97 Å². The van der Waals surface area contributed by atoms with Crippen LogP contribution < -0.4 is 0 Å². The van der Waals surface area contributed by atoms with E-state index in [-0.39, 0.29) is 0 Å². The standard InChI is InChI=1S/C7H4N2O/c1-2-7-8-3-6(5-10)4-9-7/h1,3-5H. The molecule has 0 aliphatic rings. The predicted molar refractivity (Wildman–Crippen MR) is 35.4 cm³/mol. The lowest BCUT2D eigenvalue weighted by Crippen LogP contribution is -1.89. The fourth-order valence-corrected chi connectivity index (χ4v) is 0.473. The molecule has 0 atom stereocenters. The summed E-state index contributed by atoms with van der Waals surface area (Å²) in [5, 5.41) is 0. The van der Waals surface area contributed by atoms with E-state index >= 15 is 0 Å². The van der Waals surface area contributed by atoms with Gasteiger partial charge in [0.1, 0.15) is 0 Å². The lowest BCUT2D eigenvalue weighted by atomic mass is 10.4. The van der Waals surface area contributed by atoms with Crippen molar-refractivity contribution in [2.75, 3.05) is 0 Å². The summed E-state index contributed by atoms with van der Waals surface area (Å²) in [6.45, 7) is 0. The largest absolute Gasteiger partial charge is 0.298 e. The summed E-state index contributed by atoms with van der Waals surface area (Å²) in [4.78, 5) is 17.5. The van der Waals surface area contributed by atoms with Crippen LogP contribution in [-0.2, 0) is 0 Å². The molecule has 48 valence electrons. The second kappa shape index (κ2) is 2.74. The molecule has 1 aromatic rings. The summed E-state index contributed by atoms with van der Waals surface area (Å²) in [6, 6.07) is 0. The van der Waals surface area contributed by atoms with Crippen LogP contribution in [0, 0.1) is 12.3 Å². The molecule has 10 heavy (non-hydrogen) atoms. The Hall–Kier alpha value is -1.69. The molecule has 1 rings (SSSR count). The van der Waals surface area contributed by atoms with E-state index in [2.05, 4.69) is 15.9 Å². The molecule has 0 N–H and O–H groups in total. The van der Waals surface area contributed by atoms with Crippen LogP contribution in [0.4, 0.5) is 0 Å². The van der Waals surface area contributed by atoms with Gasteiger partial charge in [-0.15, -0.1) is 6.42 Å². The molecule has 0 amide bonds. The fourth-order valence-electron chi connectivity index (χ4n) is 0.473. The summed E-state index contributed by atoms with van der Waals surface area (Å²) >= 11 is 0. The van der Waals surface area contributed by atoms with Gasteiger partial charge in [0.2, 0.25) is 5.82 Å². The maximum absolute atomic E-state index is 10.1. The molecule has 0 unspecified atom stereocenters. The van der Waals surface area contributed by atoms with Crippen LogP contribution in [0.25, 0.3) is 0 Å². The number of hydrogen-bond acceptors (Lipinski definition) is 3. The first-order valence-corrected chi connectivity index (χ1v) is 2.60. The SMILES string of the molecule is C#Cc1ncc(C=O)cn1. The van der Waals surface area contributed by atoms with E-state index in [9.17, 15) is 4.79 Å². The van der Waals surface area contributed by atoms with Gasteiger partial charge >= 0.3 is 0 Å². The third kappa shape index (κ3) is 1.17. The van der Waals surface area contributed by atoms with Crippen LogP contribution in [0.15, 0.2) is 12.4 Å². The van der Waals surface area contributed by atoms with Crippen LogP contribution in [0.5, 0.6) is 0 Å². The molecule has 1 heterocycles. The Bertz CT molecular complexity index is 271. The van der Waals surface area contributed by atoms with Crippen LogP contribution in [-0.4, -0.2) is 16.3 Å². The topological polar surface area (TPSA) is 42.9 Å². The van der Waals surface area contributed by atoms with E-state index in [1.54, 1.807) is 0 Å². The number of rotatable bonds is 1. The van der Waals surface area contributed by atoms with Crippen molar-refractivity contribution < 1.29 is 4.79 Å². The summed E-state index contributed by atoms with van der Waals surface area (Å²) in [5.41, 5.74) is 0.430. The second-order valence-electron chi connectivity index (χ2n) is 1.60. The Morgan fingerprint density at radius 3 is 2.50 bits per heavy atom. The highest BCUT2D eigenvalue weighted by Gasteiger charge is 1.90. The molecule has 0 fully saturated rings. The molecule has 0 bridgehead atoms. The number of nitrogens with zero attached hydrogens (tertiary/aromatic N) is 2. The van der Waals surface area contributed by atoms with Crippen molar-refractivity contribution in [2.45, 2.75) is 0 Å². The molecule has 0 radical (unpaired) electrons. The lowest BCUT2D eigenvalue weighted by Gasteiger charge is -1.87. The Morgan fingerprint density at radius 2 is 2.10 bits per heavy atom. The minimum absolute atomic E-state index is 0.297. The number of aromatic nitrogens is 2. The zero-order valence-corrected chi connectivity index (χ0v) is 5.11. The lowest BCUT2D eigenvalue weighted by molar-refractivity contribution is 0.112. The van der Waals surface area contributed by atoms with E-state index in [4.69, 9.17) is 6.42 Å². The Labute approximate surface area is 58.1 Å². The molecule has 0 aliphatic heterocycles. The maximum Gasteiger partial charge on any atom is 0.204 e. The molecule has 0 saturated heterocycles. The molecule has 0 aromatic carbocycles. The number of terminal acetylenes is 1. The van der Waals surface area contributed by atoms with Gasteiger partial charge in [0.25, 0.3) is 0 Å². The number of aldehydes is 1. The van der Waals surface area contributed by atoms with Gasteiger partial charge in [0.05, 0.1) is 5.56 Å². The third-order valence-electron chi connectivity index (χ3n) is 0.937. The third-order valence-corrected chi connectivity index (χ3v) is 0.937. The van der Waals surface area contributed by atoms with Crippen molar-refractivity contribution in [1.82, 2.24) is 9.97 Å². The molecular formula is C7H4N2O. The zero-order chi connectivity index (χ0) is 7.40. The van der Waals surface area contributed by atoms with Crippen LogP contribution in [0.1, 0.15) is 16.2 Å². The van der Waals surface area contributed by atoms with Gasteiger partial charge in [-0.05, 0) is 5.92 Å². The van der Waals surface area contributed by atoms with E-state index in [0.29, 0.717) is 17.7 Å². The van der Waals surface area contributed by atoms with Crippen LogP contribution in [0.2, 0.25) is 0 Å². The quantitative estimate of drug-likeness (QED) is 0.407. The highest BCUT2D eigenvalue weighted by atomic mass is 16.1. The predicted octanol–water partition coefficient (Wildman–Crippen LogP) is 0.270. The van der Waals surface area contributed by atoms with Gasteiger partial charge in [0, 0.05) is 12.4 Å². The average Bonchev–Trinajstić information content (AvgIpc) is 2.05. The molecule has 3 nitrogen and oxygen atoms in total.